The van der Waals surface area contributed by atoms with Gasteiger partial charge >= 0.3 is 0 Å². The number of nitrogens with one attached hydrogen (secondary N) is 1. The smallest absolute Gasteiger partial charge is 0.260 e. The van der Waals surface area contributed by atoms with Gasteiger partial charge < -0.3 is 10.4 Å². The Hall–Kier alpha value is -2.58. The topological polar surface area (TPSA) is 82.0 Å². The molecule has 33 heavy (non-hydrogen) atoms. The van der Waals surface area contributed by atoms with Crippen LogP contribution in [0.1, 0.15) is 33.3 Å². The van der Waals surface area contributed by atoms with Crippen molar-refractivity contribution in [3.05, 3.63) is 58.5 Å². The van der Waals surface area contributed by atoms with Crippen LogP contribution in [-0.2, 0) is 9.59 Å². The molecule has 3 rings (SSSR count). The molecule has 1 aliphatic carbocycles. The number of benzene rings is 1. The number of aliphatic hydroxyl groups is 1. The highest BCUT2D eigenvalue weighted by atomic mass is 35.5. The van der Waals surface area contributed by atoms with Gasteiger partial charge in [0.2, 0.25) is 5.91 Å². The van der Waals surface area contributed by atoms with E-state index in [2.05, 4.69) is 10.4 Å². The summed E-state index contributed by atoms with van der Waals surface area (Å²) in [7, 11) is 0. The quantitative estimate of drug-likeness (QED) is 0.605. The first kappa shape index (κ1) is 25.1. The molecule has 0 saturated heterocycles. The molecule has 1 aliphatic heterocycles. The van der Waals surface area contributed by atoms with E-state index in [1.165, 1.54) is 6.92 Å². The van der Waals surface area contributed by atoms with Gasteiger partial charge in [0, 0.05) is 23.4 Å². The number of hydrazone groups is 1. The third kappa shape index (κ3) is 5.33. The molecule has 2 amide bonds. The molecule has 2 aliphatic rings. The fourth-order valence-electron chi connectivity index (χ4n) is 3.68. The second kappa shape index (κ2) is 10.1. The Morgan fingerprint density at radius 3 is 2.45 bits per heavy atom. The summed E-state index contributed by atoms with van der Waals surface area (Å²) in [4.78, 5) is 26.4. The van der Waals surface area contributed by atoms with Gasteiger partial charge in [-0.05, 0) is 35.8 Å². The van der Waals surface area contributed by atoms with Gasteiger partial charge in [0.05, 0.1) is 17.5 Å². The molecule has 6 nitrogen and oxygen atoms in total. The van der Waals surface area contributed by atoms with Crippen molar-refractivity contribution < 1.29 is 23.5 Å². The molecule has 0 fully saturated rings. The van der Waals surface area contributed by atoms with Crippen LogP contribution in [0.25, 0.3) is 0 Å². The molecular weight excluding hydrogens is 452 g/mol. The Balaban J connectivity index is 2.01. The van der Waals surface area contributed by atoms with Crippen molar-refractivity contribution in [2.24, 2.45) is 28.8 Å². The van der Waals surface area contributed by atoms with Crippen LogP contribution in [-0.4, -0.2) is 46.5 Å². The standard InChI is InChI=1S/C24H28ClF2N3O3/c1-12(2)20(31)11-28-23(32)21-14(4)22(15-5-7-16(25)8-6-15)29-30(24(21)33)17-9-18(26)13(3)19(27)10-17/h5-10,12-14,18,20-21,31H,11H2,1-4H3,(H,28,32). The van der Waals surface area contributed by atoms with Crippen LogP contribution in [0.5, 0.6) is 0 Å². The molecule has 5 atom stereocenters. The highest BCUT2D eigenvalue weighted by Crippen LogP contribution is 2.34. The lowest BCUT2D eigenvalue weighted by molar-refractivity contribution is -0.143. The van der Waals surface area contributed by atoms with E-state index < -0.39 is 47.7 Å². The summed E-state index contributed by atoms with van der Waals surface area (Å²) in [5.74, 6) is -4.90. The zero-order chi connectivity index (χ0) is 24.4. The minimum absolute atomic E-state index is 0.0261. The highest BCUT2D eigenvalue weighted by molar-refractivity contribution is 6.30. The number of halogens is 3. The molecule has 0 bridgehead atoms. The fraction of sp³-hybridized carbons (Fsp3) is 0.458. The average Bonchev–Trinajstić information content (AvgIpc) is 2.76. The zero-order valence-corrected chi connectivity index (χ0v) is 19.7. The van der Waals surface area contributed by atoms with Crippen LogP contribution in [0.15, 0.2) is 53.0 Å². The first-order valence-corrected chi connectivity index (χ1v) is 11.3. The molecule has 0 spiro atoms. The Bertz CT molecular complexity index is 1010. The third-order valence-corrected chi connectivity index (χ3v) is 6.32. The van der Waals surface area contributed by atoms with Gasteiger partial charge in [0.25, 0.3) is 5.91 Å². The minimum atomic E-state index is -1.64. The molecule has 9 heteroatoms. The average molecular weight is 480 g/mol. The van der Waals surface area contributed by atoms with E-state index in [1.807, 2.05) is 13.8 Å². The third-order valence-electron chi connectivity index (χ3n) is 6.06. The summed E-state index contributed by atoms with van der Waals surface area (Å²) < 4.78 is 28.7. The SMILES string of the molecule is CC(C)C(O)CNC(=O)C1C(=O)N(C2=CC(F)C(C)C(F)=C2)N=C(c2ccc(Cl)cc2)C1C. The number of hydrogen-bond acceptors (Lipinski definition) is 4. The van der Waals surface area contributed by atoms with Gasteiger partial charge in [0.15, 0.2) is 0 Å². The number of alkyl halides is 1. The molecule has 178 valence electrons. The number of carbonyl (C=O) groups excluding carboxylic acids is 2. The fourth-order valence-corrected chi connectivity index (χ4v) is 3.81. The van der Waals surface area contributed by atoms with E-state index in [0.717, 1.165) is 17.2 Å². The predicted octanol–water partition coefficient (Wildman–Crippen LogP) is 4.00. The Labute approximate surface area is 197 Å². The van der Waals surface area contributed by atoms with E-state index in [0.29, 0.717) is 16.3 Å². The summed E-state index contributed by atoms with van der Waals surface area (Å²) in [6, 6.07) is 6.71. The van der Waals surface area contributed by atoms with Gasteiger partial charge in [-0.1, -0.05) is 51.4 Å². The Morgan fingerprint density at radius 2 is 1.88 bits per heavy atom. The van der Waals surface area contributed by atoms with Gasteiger partial charge in [-0.25, -0.2) is 8.78 Å². The number of carbonyl (C=O) groups is 2. The molecule has 0 radical (unpaired) electrons. The molecule has 0 saturated carbocycles. The van der Waals surface area contributed by atoms with Crippen LogP contribution in [0, 0.1) is 23.7 Å². The van der Waals surface area contributed by atoms with Crippen LogP contribution in [0.2, 0.25) is 5.02 Å². The summed E-state index contributed by atoms with van der Waals surface area (Å²) >= 11 is 5.99. The normalized spacial score (nSPS) is 26.5. The van der Waals surface area contributed by atoms with Crippen molar-refractivity contribution in [2.75, 3.05) is 6.54 Å². The van der Waals surface area contributed by atoms with Crippen LogP contribution in [0.3, 0.4) is 0 Å². The molecular formula is C24H28ClF2N3O3. The van der Waals surface area contributed by atoms with Gasteiger partial charge in [-0.3, -0.25) is 9.59 Å². The predicted molar refractivity (Wildman–Crippen MR) is 123 cm³/mol. The lowest BCUT2D eigenvalue weighted by Crippen LogP contribution is -2.51. The van der Waals surface area contributed by atoms with Crippen molar-refractivity contribution in [1.82, 2.24) is 10.3 Å². The summed E-state index contributed by atoms with van der Waals surface area (Å²) in [6.45, 7) is 6.69. The lowest BCUT2D eigenvalue weighted by atomic mass is 9.83. The minimum Gasteiger partial charge on any atom is -0.391 e. The summed E-state index contributed by atoms with van der Waals surface area (Å²) in [5, 5.41) is 18.5. The van der Waals surface area contributed by atoms with Gasteiger partial charge in [0.1, 0.15) is 17.9 Å². The van der Waals surface area contributed by atoms with Crippen molar-refractivity contribution in [3.63, 3.8) is 0 Å². The first-order valence-electron chi connectivity index (χ1n) is 10.9. The van der Waals surface area contributed by atoms with E-state index in [1.54, 1.807) is 31.2 Å². The zero-order valence-electron chi connectivity index (χ0n) is 18.9. The number of amides is 2. The maximum absolute atomic E-state index is 14.4. The summed E-state index contributed by atoms with van der Waals surface area (Å²) in [5.41, 5.74) is 0.955. The lowest BCUT2D eigenvalue weighted by Gasteiger charge is -2.35. The number of allylic oxidation sites excluding steroid dienone is 3. The molecule has 0 aromatic heterocycles. The van der Waals surface area contributed by atoms with Crippen molar-refractivity contribution in [3.8, 4) is 0 Å². The molecule has 1 aromatic carbocycles. The van der Waals surface area contributed by atoms with E-state index in [4.69, 9.17) is 11.6 Å². The largest absolute Gasteiger partial charge is 0.391 e. The molecule has 2 N–H and O–H groups in total. The van der Waals surface area contributed by atoms with Crippen LogP contribution < -0.4 is 5.32 Å². The number of rotatable bonds is 6. The van der Waals surface area contributed by atoms with E-state index in [-0.39, 0.29) is 18.2 Å². The van der Waals surface area contributed by atoms with Crippen molar-refractivity contribution in [2.45, 2.75) is 40.0 Å². The van der Waals surface area contributed by atoms with Crippen molar-refractivity contribution >= 4 is 29.1 Å². The highest BCUT2D eigenvalue weighted by Gasteiger charge is 2.44. The number of hydrogen-bond donors (Lipinski definition) is 2. The second-order valence-electron chi connectivity index (χ2n) is 8.82. The monoisotopic (exact) mass is 479 g/mol. The Morgan fingerprint density at radius 1 is 1.24 bits per heavy atom. The van der Waals surface area contributed by atoms with E-state index in [9.17, 15) is 23.5 Å². The van der Waals surface area contributed by atoms with Crippen molar-refractivity contribution in [1.29, 1.82) is 0 Å². The maximum atomic E-state index is 14.4. The number of aliphatic hydroxyl groups excluding tert-OH is 1. The van der Waals surface area contributed by atoms with Crippen LogP contribution >= 0.6 is 11.6 Å². The molecule has 1 heterocycles. The summed E-state index contributed by atoms with van der Waals surface area (Å²) in [6.07, 6.45) is -0.230. The Kier molecular flexibility index (Phi) is 7.69. The van der Waals surface area contributed by atoms with Gasteiger partial charge in [-0.2, -0.15) is 10.1 Å². The molecule has 5 unspecified atom stereocenters. The van der Waals surface area contributed by atoms with E-state index >= 15 is 0 Å². The van der Waals surface area contributed by atoms with Crippen LogP contribution in [0.4, 0.5) is 8.78 Å². The molecule has 1 aromatic rings. The maximum Gasteiger partial charge on any atom is 0.260 e. The number of nitrogens with zero attached hydrogens (tertiary/aromatic N) is 2. The van der Waals surface area contributed by atoms with Gasteiger partial charge in [-0.15, -0.1) is 0 Å². The first-order chi connectivity index (χ1) is 15.5. The second-order valence-corrected chi connectivity index (χ2v) is 9.26.